The van der Waals surface area contributed by atoms with Crippen LogP contribution in [0.25, 0.3) is 0 Å². The molecule has 0 saturated heterocycles. The van der Waals surface area contributed by atoms with Gasteiger partial charge in [-0.15, -0.1) is 0 Å². The van der Waals surface area contributed by atoms with Gasteiger partial charge in [-0.1, -0.05) is 24.3 Å². The standard InChI is InChI=1S/C15H14FNO3/c1-2-19-13-9-5-6-10-14(13)20-15(18)17-12-8-4-3-7-11(12)16/h3-10H,2H2,1H3,(H,17,18). The van der Waals surface area contributed by atoms with Gasteiger partial charge in [0.05, 0.1) is 12.3 Å². The Balaban J connectivity index is 2.07. The van der Waals surface area contributed by atoms with Gasteiger partial charge in [-0.2, -0.15) is 0 Å². The van der Waals surface area contributed by atoms with Crippen LogP contribution in [-0.4, -0.2) is 12.7 Å². The monoisotopic (exact) mass is 275 g/mol. The number of nitrogens with one attached hydrogen (secondary N) is 1. The van der Waals surface area contributed by atoms with Crippen molar-refractivity contribution in [3.8, 4) is 11.5 Å². The minimum Gasteiger partial charge on any atom is -0.490 e. The summed E-state index contributed by atoms with van der Waals surface area (Å²) in [6, 6.07) is 12.6. The van der Waals surface area contributed by atoms with Crippen LogP contribution in [0.2, 0.25) is 0 Å². The zero-order valence-electron chi connectivity index (χ0n) is 10.9. The lowest BCUT2D eigenvalue weighted by Crippen LogP contribution is -2.18. The third-order valence-corrected chi connectivity index (χ3v) is 2.46. The molecule has 0 aromatic heterocycles. The van der Waals surface area contributed by atoms with Crippen LogP contribution < -0.4 is 14.8 Å². The molecule has 0 fully saturated rings. The maximum absolute atomic E-state index is 13.4. The van der Waals surface area contributed by atoms with Crippen LogP contribution in [0.3, 0.4) is 0 Å². The van der Waals surface area contributed by atoms with E-state index in [1.807, 2.05) is 6.92 Å². The van der Waals surface area contributed by atoms with Crippen LogP contribution in [0.4, 0.5) is 14.9 Å². The first kappa shape index (κ1) is 13.9. The van der Waals surface area contributed by atoms with E-state index in [4.69, 9.17) is 9.47 Å². The molecule has 1 amide bonds. The van der Waals surface area contributed by atoms with E-state index in [0.29, 0.717) is 12.4 Å². The van der Waals surface area contributed by atoms with Gasteiger partial charge in [-0.05, 0) is 31.2 Å². The largest absolute Gasteiger partial charge is 0.490 e. The highest BCUT2D eigenvalue weighted by Crippen LogP contribution is 2.26. The number of anilines is 1. The average molecular weight is 275 g/mol. The molecule has 1 N–H and O–H groups in total. The van der Waals surface area contributed by atoms with Crippen LogP contribution in [0, 0.1) is 5.82 Å². The summed E-state index contributed by atoms with van der Waals surface area (Å²) in [6.45, 7) is 2.28. The van der Waals surface area contributed by atoms with E-state index < -0.39 is 11.9 Å². The number of benzene rings is 2. The molecule has 0 aliphatic heterocycles. The first-order valence-corrected chi connectivity index (χ1v) is 6.16. The summed E-state index contributed by atoms with van der Waals surface area (Å²) in [6.07, 6.45) is -0.776. The third kappa shape index (κ3) is 3.47. The molecule has 0 aliphatic rings. The van der Waals surface area contributed by atoms with Crippen LogP contribution >= 0.6 is 0 Å². The number of hydrogen-bond acceptors (Lipinski definition) is 3. The van der Waals surface area contributed by atoms with Crippen molar-refractivity contribution in [1.29, 1.82) is 0 Å². The van der Waals surface area contributed by atoms with Gasteiger partial charge in [0.25, 0.3) is 0 Å². The summed E-state index contributed by atoms with van der Waals surface area (Å²) < 4.78 is 23.8. The molecule has 0 atom stereocenters. The SMILES string of the molecule is CCOc1ccccc1OC(=O)Nc1ccccc1F. The average Bonchev–Trinajstić information content (AvgIpc) is 2.44. The Kier molecular flexibility index (Phi) is 4.55. The molecule has 0 spiro atoms. The predicted molar refractivity (Wildman–Crippen MR) is 73.7 cm³/mol. The van der Waals surface area contributed by atoms with Gasteiger partial charge in [-0.3, -0.25) is 5.32 Å². The topological polar surface area (TPSA) is 47.6 Å². The van der Waals surface area contributed by atoms with Crippen LogP contribution in [0.15, 0.2) is 48.5 Å². The van der Waals surface area contributed by atoms with Crippen molar-refractivity contribution in [2.45, 2.75) is 6.92 Å². The molecule has 0 aliphatic carbocycles. The van der Waals surface area contributed by atoms with Gasteiger partial charge < -0.3 is 9.47 Å². The zero-order valence-corrected chi connectivity index (χ0v) is 10.9. The number of carbonyl (C=O) groups excluding carboxylic acids is 1. The normalized spacial score (nSPS) is 9.90. The maximum Gasteiger partial charge on any atom is 0.417 e. The first-order chi connectivity index (χ1) is 9.70. The van der Waals surface area contributed by atoms with Crippen molar-refractivity contribution in [1.82, 2.24) is 0 Å². The minimum atomic E-state index is -0.776. The van der Waals surface area contributed by atoms with Gasteiger partial charge in [-0.25, -0.2) is 9.18 Å². The molecule has 0 radical (unpaired) electrons. The summed E-state index contributed by atoms with van der Waals surface area (Å²) in [5, 5.41) is 2.34. The molecule has 2 aromatic carbocycles. The van der Waals surface area contributed by atoms with Crippen LogP contribution in [0.1, 0.15) is 6.92 Å². The van der Waals surface area contributed by atoms with Crippen molar-refractivity contribution in [2.24, 2.45) is 0 Å². The lowest BCUT2D eigenvalue weighted by molar-refractivity contribution is 0.211. The van der Waals surface area contributed by atoms with Crippen molar-refractivity contribution in [3.63, 3.8) is 0 Å². The molecule has 0 bridgehead atoms. The highest BCUT2D eigenvalue weighted by molar-refractivity contribution is 5.86. The summed E-state index contributed by atoms with van der Waals surface area (Å²) >= 11 is 0. The fraction of sp³-hybridized carbons (Fsp3) is 0.133. The third-order valence-electron chi connectivity index (χ3n) is 2.46. The lowest BCUT2D eigenvalue weighted by atomic mass is 10.3. The maximum atomic E-state index is 13.4. The number of amides is 1. The number of para-hydroxylation sites is 3. The predicted octanol–water partition coefficient (Wildman–Crippen LogP) is 3.84. The lowest BCUT2D eigenvalue weighted by Gasteiger charge is -2.11. The number of carbonyl (C=O) groups is 1. The quantitative estimate of drug-likeness (QED) is 0.922. The molecule has 5 heteroatoms. The Morgan fingerprint density at radius 3 is 2.45 bits per heavy atom. The molecule has 2 aromatic rings. The molecule has 4 nitrogen and oxygen atoms in total. The van der Waals surface area contributed by atoms with E-state index in [9.17, 15) is 9.18 Å². The highest BCUT2D eigenvalue weighted by Gasteiger charge is 2.11. The second-order valence-electron chi connectivity index (χ2n) is 3.87. The highest BCUT2D eigenvalue weighted by atomic mass is 19.1. The van der Waals surface area contributed by atoms with Gasteiger partial charge in [0, 0.05) is 0 Å². The Hall–Kier alpha value is -2.56. The van der Waals surface area contributed by atoms with Gasteiger partial charge >= 0.3 is 6.09 Å². The minimum absolute atomic E-state index is 0.0615. The fourth-order valence-corrected chi connectivity index (χ4v) is 1.61. The van der Waals surface area contributed by atoms with Crippen LogP contribution in [0.5, 0.6) is 11.5 Å². The molecule has 104 valence electrons. The second kappa shape index (κ2) is 6.56. The van der Waals surface area contributed by atoms with Crippen molar-refractivity contribution in [2.75, 3.05) is 11.9 Å². The first-order valence-electron chi connectivity index (χ1n) is 6.16. The molecule has 2 rings (SSSR count). The fourth-order valence-electron chi connectivity index (χ4n) is 1.61. The van der Waals surface area contributed by atoms with E-state index >= 15 is 0 Å². The summed E-state index contributed by atoms with van der Waals surface area (Å²) in [5.74, 6) is 0.212. The van der Waals surface area contributed by atoms with E-state index in [1.165, 1.54) is 18.2 Å². The molecule has 20 heavy (non-hydrogen) atoms. The molecule has 0 heterocycles. The molecular weight excluding hydrogens is 261 g/mol. The smallest absolute Gasteiger partial charge is 0.417 e. The molecular formula is C15H14FNO3. The van der Waals surface area contributed by atoms with Crippen molar-refractivity contribution < 1.29 is 18.7 Å². The molecule has 0 unspecified atom stereocenters. The second-order valence-corrected chi connectivity index (χ2v) is 3.87. The number of rotatable bonds is 4. The Bertz CT molecular complexity index is 601. The van der Waals surface area contributed by atoms with E-state index in [0.717, 1.165) is 0 Å². The zero-order chi connectivity index (χ0) is 14.4. The van der Waals surface area contributed by atoms with Crippen molar-refractivity contribution in [3.05, 3.63) is 54.3 Å². The van der Waals surface area contributed by atoms with Gasteiger partial charge in [0.1, 0.15) is 5.82 Å². The van der Waals surface area contributed by atoms with Gasteiger partial charge in [0.2, 0.25) is 0 Å². The number of ether oxygens (including phenoxy) is 2. The van der Waals surface area contributed by atoms with E-state index in [1.54, 1.807) is 30.3 Å². The van der Waals surface area contributed by atoms with E-state index in [2.05, 4.69) is 5.32 Å². The van der Waals surface area contributed by atoms with Crippen molar-refractivity contribution >= 4 is 11.8 Å². The van der Waals surface area contributed by atoms with E-state index in [-0.39, 0.29) is 11.4 Å². The summed E-state index contributed by atoms with van der Waals surface area (Å²) in [7, 11) is 0. The van der Waals surface area contributed by atoms with Gasteiger partial charge in [0.15, 0.2) is 11.5 Å². The Morgan fingerprint density at radius 1 is 1.10 bits per heavy atom. The number of halogens is 1. The Morgan fingerprint density at radius 2 is 1.75 bits per heavy atom. The summed E-state index contributed by atoms with van der Waals surface area (Å²) in [4.78, 5) is 11.7. The Labute approximate surface area is 116 Å². The summed E-state index contributed by atoms with van der Waals surface area (Å²) in [5.41, 5.74) is 0.0615. The number of hydrogen-bond donors (Lipinski definition) is 1. The molecule has 0 saturated carbocycles. The van der Waals surface area contributed by atoms with Crippen LogP contribution in [-0.2, 0) is 0 Å².